The van der Waals surface area contributed by atoms with E-state index >= 15 is 0 Å². The molecule has 0 aliphatic carbocycles. The lowest BCUT2D eigenvalue weighted by molar-refractivity contribution is -0.139. The lowest BCUT2D eigenvalue weighted by Gasteiger charge is -2.24. The van der Waals surface area contributed by atoms with Gasteiger partial charge in [-0.25, -0.2) is 9.79 Å². The first-order valence-electron chi connectivity index (χ1n) is 11.1. The van der Waals surface area contributed by atoms with Crippen LogP contribution in [-0.2, 0) is 9.53 Å². The number of esters is 1. The van der Waals surface area contributed by atoms with Gasteiger partial charge in [-0.1, -0.05) is 23.5 Å². The highest BCUT2D eigenvalue weighted by Gasteiger charge is 2.33. The number of halogens is 1. The molecule has 188 valence electrons. The molecular formula is C26H25BrN2O6S. The molecule has 4 rings (SSSR count). The van der Waals surface area contributed by atoms with Gasteiger partial charge in [-0.05, 0) is 71.2 Å². The highest BCUT2D eigenvalue weighted by Crippen LogP contribution is 2.36. The van der Waals surface area contributed by atoms with Crippen molar-refractivity contribution in [2.24, 2.45) is 4.99 Å². The molecule has 36 heavy (non-hydrogen) atoms. The van der Waals surface area contributed by atoms with Gasteiger partial charge >= 0.3 is 5.97 Å². The van der Waals surface area contributed by atoms with Crippen molar-refractivity contribution in [3.8, 4) is 17.2 Å². The molecule has 0 bridgehead atoms. The van der Waals surface area contributed by atoms with Crippen LogP contribution >= 0.6 is 27.3 Å². The molecule has 0 spiro atoms. The molecule has 2 aromatic carbocycles. The molecule has 1 aliphatic heterocycles. The van der Waals surface area contributed by atoms with E-state index in [1.807, 2.05) is 18.2 Å². The van der Waals surface area contributed by atoms with Gasteiger partial charge < -0.3 is 18.9 Å². The Morgan fingerprint density at radius 2 is 1.86 bits per heavy atom. The first-order chi connectivity index (χ1) is 17.3. The summed E-state index contributed by atoms with van der Waals surface area (Å²) >= 11 is 4.75. The minimum Gasteiger partial charge on any atom is -0.497 e. The number of allylic oxidation sites excluding steroid dienone is 1. The summed E-state index contributed by atoms with van der Waals surface area (Å²) in [6, 6.07) is 10.2. The van der Waals surface area contributed by atoms with Crippen LogP contribution in [0.2, 0.25) is 0 Å². The third kappa shape index (κ3) is 4.70. The normalized spacial score (nSPS) is 15.3. The summed E-state index contributed by atoms with van der Waals surface area (Å²) in [5.41, 5.74) is 2.06. The largest absolute Gasteiger partial charge is 0.497 e. The fourth-order valence-electron chi connectivity index (χ4n) is 4.07. The summed E-state index contributed by atoms with van der Waals surface area (Å²) in [7, 11) is 4.69. The van der Waals surface area contributed by atoms with Crippen LogP contribution in [0, 0.1) is 0 Å². The van der Waals surface area contributed by atoms with E-state index < -0.39 is 12.0 Å². The van der Waals surface area contributed by atoms with Gasteiger partial charge in [0.1, 0.15) is 5.75 Å². The van der Waals surface area contributed by atoms with Crippen LogP contribution in [-0.4, -0.2) is 38.5 Å². The molecule has 1 atom stereocenters. The number of hydrogen-bond donors (Lipinski definition) is 0. The molecule has 0 amide bonds. The summed E-state index contributed by atoms with van der Waals surface area (Å²) in [6.07, 6.45) is 1.77. The van der Waals surface area contributed by atoms with Crippen molar-refractivity contribution in [3.05, 3.63) is 83.0 Å². The Balaban J connectivity index is 1.93. The molecule has 0 N–H and O–H groups in total. The fourth-order valence-corrected chi connectivity index (χ4v) is 5.73. The Hall–Kier alpha value is -3.37. The Bertz CT molecular complexity index is 1520. The quantitative estimate of drug-likeness (QED) is 0.402. The Labute approximate surface area is 220 Å². The second kappa shape index (κ2) is 10.7. The third-order valence-electron chi connectivity index (χ3n) is 5.70. The average Bonchev–Trinajstić information content (AvgIpc) is 3.17. The zero-order chi connectivity index (χ0) is 26.0. The van der Waals surface area contributed by atoms with Crippen molar-refractivity contribution in [3.63, 3.8) is 0 Å². The Morgan fingerprint density at radius 1 is 1.14 bits per heavy atom. The number of thiazole rings is 1. The van der Waals surface area contributed by atoms with Crippen LogP contribution in [0.25, 0.3) is 6.08 Å². The van der Waals surface area contributed by atoms with Crippen molar-refractivity contribution in [2.75, 3.05) is 27.9 Å². The second-order valence-corrected chi connectivity index (χ2v) is 9.68. The average molecular weight is 573 g/mol. The van der Waals surface area contributed by atoms with Gasteiger partial charge in [-0.15, -0.1) is 0 Å². The molecular weight excluding hydrogens is 548 g/mol. The summed E-state index contributed by atoms with van der Waals surface area (Å²) in [4.78, 5) is 31.8. The van der Waals surface area contributed by atoms with Crippen molar-refractivity contribution >= 4 is 39.3 Å². The first kappa shape index (κ1) is 25.7. The van der Waals surface area contributed by atoms with Crippen molar-refractivity contribution in [2.45, 2.75) is 19.9 Å². The van der Waals surface area contributed by atoms with Crippen molar-refractivity contribution < 1.29 is 23.7 Å². The smallest absolute Gasteiger partial charge is 0.338 e. The zero-order valence-corrected chi connectivity index (χ0v) is 22.9. The molecule has 0 fully saturated rings. The molecule has 1 aliphatic rings. The van der Waals surface area contributed by atoms with E-state index in [0.717, 1.165) is 11.1 Å². The molecule has 10 heteroatoms. The first-order valence-corrected chi connectivity index (χ1v) is 12.7. The van der Waals surface area contributed by atoms with E-state index in [2.05, 4.69) is 20.9 Å². The SMILES string of the molecule is CCOC(=O)C1=C(C)N=c2s/c(=C\c3cc(Br)c(OC)c(OC)c3)c(=O)n2C1c1ccc(OC)cc1. The van der Waals surface area contributed by atoms with E-state index in [0.29, 0.717) is 42.3 Å². The fraction of sp³-hybridized carbons (Fsp3) is 0.269. The summed E-state index contributed by atoms with van der Waals surface area (Å²) in [5, 5.41) is 0. The number of benzene rings is 2. The predicted molar refractivity (Wildman–Crippen MR) is 141 cm³/mol. The van der Waals surface area contributed by atoms with Crippen molar-refractivity contribution in [1.29, 1.82) is 0 Å². The third-order valence-corrected chi connectivity index (χ3v) is 7.27. The summed E-state index contributed by atoms with van der Waals surface area (Å²) in [5.74, 6) is 1.26. The minimum atomic E-state index is -0.689. The van der Waals surface area contributed by atoms with Crippen molar-refractivity contribution in [1.82, 2.24) is 4.57 Å². The number of ether oxygens (including phenoxy) is 4. The van der Waals surface area contributed by atoms with Crippen LogP contribution < -0.4 is 29.1 Å². The number of methoxy groups -OCH3 is 3. The summed E-state index contributed by atoms with van der Waals surface area (Å²) in [6.45, 7) is 3.71. The van der Waals surface area contributed by atoms with Gasteiger partial charge in [0.15, 0.2) is 16.3 Å². The maximum atomic E-state index is 13.7. The minimum absolute atomic E-state index is 0.212. The number of fused-ring (bicyclic) bond motifs is 1. The lowest BCUT2D eigenvalue weighted by Crippen LogP contribution is -2.39. The van der Waals surface area contributed by atoms with Gasteiger partial charge in [-0.3, -0.25) is 9.36 Å². The Kier molecular flexibility index (Phi) is 7.65. The molecule has 3 aromatic rings. The number of aromatic nitrogens is 1. The maximum absolute atomic E-state index is 13.7. The predicted octanol–water partition coefficient (Wildman–Crippen LogP) is 3.59. The number of carbonyl (C=O) groups is 1. The van der Waals surface area contributed by atoms with Gasteiger partial charge in [0.05, 0.1) is 54.3 Å². The van der Waals surface area contributed by atoms with E-state index in [-0.39, 0.29) is 12.2 Å². The van der Waals surface area contributed by atoms with Crippen LogP contribution in [0.1, 0.15) is 31.0 Å². The number of rotatable bonds is 7. The molecule has 1 aromatic heterocycles. The van der Waals surface area contributed by atoms with Crippen LogP contribution in [0.3, 0.4) is 0 Å². The highest BCUT2D eigenvalue weighted by molar-refractivity contribution is 9.10. The van der Waals surface area contributed by atoms with Crippen LogP contribution in [0.4, 0.5) is 0 Å². The van der Waals surface area contributed by atoms with Crippen LogP contribution in [0.15, 0.2) is 61.9 Å². The zero-order valence-electron chi connectivity index (χ0n) is 20.5. The number of hydrogen-bond acceptors (Lipinski definition) is 8. The molecule has 0 saturated carbocycles. The molecule has 0 saturated heterocycles. The Morgan fingerprint density at radius 3 is 2.47 bits per heavy atom. The molecule has 1 unspecified atom stereocenters. The highest BCUT2D eigenvalue weighted by atomic mass is 79.9. The molecule has 0 radical (unpaired) electrons. The van der Waals surface area contributed by atoms with Gasteiger partial charge in [0, 0.05) is 0 Å². The topological polar surface area (TPSA) is 88.4 Å². The van der Waals surface area contributed by atoms with Gasteiger partial charge in [0.2, 0.25) is 0 Å². The van der Waals surface area contributed by atoms with Crippen LogP contribution in [0.5, 0.6) is 17.2 Å². The van der Waals surface area contributed by atoms with Gasteiger partial charge in [0.25, 0.3) is 5.56 Å². The number of carbonyl (C=O) groups excluding carboxylic acids is 1. The lowest BCUT2D eigenvalue weighted by atomic mass is 9.96. The van der Waals surface area contributed by atoms with E-state index in [1.165, 1.54) is 11.3 Å². The monoisotopic (exact) mass is 572 g/mol. The van der Waals surface area contributed by atoms with Gasteiger partial charge in [-0.2, -0.15) is 0 Å². The number of nitrogens with zero attached hydrogens (tertiary/aromatic N) is 2. The van der Waals surface area contributed by atoms with E-state index in [4.69, 9.17) is 18.9 Å². The summed E-state index contributed by atoms with van der Waals surface area (Å²) < 4.78 is 24.1. The van der Waals surface area contributed by atoms with E-state index in [9.17, 15) is 9.59 Å². The molecule has 2 heterocycles. The molecule has 8 nitrogen and oxygen atoms in total. The standard InChI is InChI=1S/C26H25BrN2O6S/c1-6-35-25(31)21-14(2)28-26-29(22(21)16-7-9-17(32-3)10-8-16)24(30)20(36-26)13-15-11-18(27)23(34-5)19(12-15)33-4/h7-13,22H,6H2,1-5H3/b20-13-. The van der Waals surface area contributed by atoms with E-state index in [1.54, 1.807) is 64.0 Å². The maximum Gasteiger partial charge on any atom is 0.338 e. The second-order valence-electron chi connectivity index (χ2n) is 7.81.